The molecule has 0 aromatic rings. The summed E-state index contributed by atoms with van der Waals surface area (Å²) in [5.74, 6) is -1.96. The van der Waals surface area contributed by atoms with Gasteiger partial charge in [-0.2, -0.15) is 0 Å². The first-order valence-electron chi connectivity index (χ1n) is 4.33. The number of carbonyl (C=O) groups is 2. The SMILES string of the molecule is CCC(O)C(N)(CCC(N)=O)C(=O)O. The second-order valence-electron chi connectivity index (χ2n) is 3.24. The lowest BCUT2D eigenvalue weighted by molar-refractivity contribution is -0.148. The molecule has 0 saturated carbocycles. The first kappa shape index (κ1) is 12.9. The van der Waals surface area contributed by atoms with Crippen molar-refractivity contribution < 1.29 is 19.8 Å². The average Bonchev–Trinajstić information content (AvgIpc) is 2.12. The number of hydrogen-bond acceptors (Lipinski definition) is 4. The number of nitrogens with two attached hydrogens (primary N) is 2. The van der Waals surface area contributed by atoms with Crippen LogP contribution in [0.25, 0.3) is 0 Å². The largest absolute Gasteiger partial charge is 0.480 e. The number of aliphatic hydroxyl groups is 1. The Balaban J connectivity index is 4.55. The van der Waals surface area contributed by atoms with Crippen LogP contribution in [0.4, 0.5) is 0 Å². The molecule has 6 nitrogen and oxygen atoms in total. The summed E-state index contributed by atoms with van der Waals surface area (Å²) in [6.07, 6.45) is -1.28. The van der Waals surface area contributed by atoms with Crippen LogP contribution in [0.3, 0.4) is 0 Å². The molecule has 2 atom stereocenters. The molecule has 2 unspecified atom stereocenters. The van der Waals surface area contributed by atoms with Crippen molar-refractivity contribution in [3.63, 3.8) is 0 Å². The van der Waals surface area contributed by atoms with Gasteiger partial charge in [0.1, 0.15) is 5.54 Å². The van der Waals surface area contributed by atoms with Gasteiger partial charge < -0.3 is 21.7 Å². The van der Waals surface area contributed by atoms with Crippen LogP contribution in [-0.2, 0) is 9.59 Å². The molecule has 0 rings (SSSR count). The summed E-state index contributed by atoms with van der Waals surface area (Å²) in [6, 6.07) is 0. The van der Waals surface area contributed by atoms with Crippen molar-refractivity contribution in [1.29, 1.82) is 0 Å². The Kier molecular flexibility index (Phi) is 4.52. The third-order valence-corrected chi connectivity index (χ3v) is 2.16. The smallest absolute Gasteiger partial charge is 0.326 e. The van der Waals surface area contributed by atoms with Crippen LogP contribution in [0.15, 0.2) is 0 Å². The lowest BCUT2D eigenvalue weighted by Crippen LogP contribution is -2.57. The van der Waals surface area contributed by atoms with Crippen LogP contribution in [-0.4, -0.2) is 33.7 Å². The molecule has 0 heterocycles. The van der Waals surface area contributed by atoms with Gasteiger partial charge in [0.05, 0.1) is 6.10 Å². The fraction of sp³-hybridized carbons (Fsp3) is 0.750. The molecule has 0 fully saturated rings. The highest BCUT2D eigenvalue weighted by Crippen LogP contribution is 2.17. The average molecular weight is 204 g/mol. The number of aliphatic carboxylic acids is 1. The quantitative estimate of drug-likeness (QED) is 0.432. The number of carboxylic acid groups (broad SMARTS) is 1. The minimum atomic E-state index is -1.79. The molecule has 0 aromatic heterocycles. The van der Waals surface area contributed by atoms with E-state index >= 15 is 0 Å². The third-order valence-electron chi connectivity index (χ3n) is 2.16. The fourth-order valence-electron chi connectivity index (χ4n) is 1.11. The van der Waals surface area contributed by atoms with Crippen molar-refractivity contribution >= 4 is 11.9 Å². The molecule has 0 aliphatic carbocycles. The van der Waals surface area contributed by atoms with Gasteiger partial charge in [0.15, 0.2) is 0 Å². The van der Waals surface area contributed by atoms with Crippen LogP contribution in [0.1, 0.15) is 26.2 Å². The lowest BCUT2D eigenvalue weighted by atomic mass is 9.87. The first-order valence-corrected chi connectivity index (χ1v) is 4.33. The van der Waals surface area contributed by atoms with E-state index in [4.69, 9.17) is 16.6 Å². The van der Waals surface area contributed by atoms with E-state index in [2.05, 4.69) is 0 Å². The Morgan fingerprint density at radius 3 is 2.29 bits per heavy atom. The number of hydrogen-bond donors (Lipinski definition) is 4. The molecule has 0 aliphatic heterocycles. The number of primary amides is 1. The van der Waals surface area contributed by atoms with Gasteiger partial charge >= 0.3 is 5.97 Å². The van der Waals surface area contributed by atoms with E-state index in [1.165, 1.54) is 0 Å². The summed E-state index contributed by atoms with van der Waals surface area (Å²) >= 11 is 0. The Morgan fingerprint density at radius 1 is 1.50 bits per heavy atom. The van der Waals surface area contributed by atoms with E-state index in [9.17, 15) is 14.7 Å². The Hall–Kier alpha value is -1.14. The van der Waals surface area contributed by atoms with Gasteiger partial charge in [-0.15, -0.1) is 0 Å². The molecule has 0 saturated heterocycles. The second-order valence-corrected chi connectivity index (χ2v) is 3.24. The number of rotatable bonds is 6. The van der Waals surface area contributed by atoms with Gasteiger partial charge in [0.2, 0.25) is 5.91 Å². The second kappa shape index (κ2) is 4.92. The van der Waals surface area contributed by atoms with Crippen molar-refractivity contribution in [3.8, 4) is 0 Å². The molecule has 0 radical (unpaired) electrons. The van der Waals surface area contributed by atoms with Crippen molar-refractivity contribution in [3.05, 3.63) is 0 Å². The van der Waals surface area contributed by atoms with Crippen LogP contribution in [0, 0.1) is 0 Å². The highest BCUT2D eigenvalue weighted by molar-refractivity contribution is 5.81. The summed E-state index contributed by atoms with van der Waals surface area (Å²) in [5.41, 5.74) is 8.57. The number of carbonyl (C=O) groups excluding carboxylic acids is 1. The maximum absolute atomic E-state index is 10.8. The molecule has 1 amide bonds. The third kappa shape index (κ3) is 2.97. The minimum absolute atomic E-state index is 0.153. The molecule has 0 aliphatic rings. The van der Waals surface area contributed by atoms with E-state index in [0.29, 0.717) is 0 Å². The van der Waals surface area contributed by atoms with Crippen molar-refractivity contribution in [1.82, 2.24) is 0 Å². The number of carboxylic acids is 1. The van der Waals surface area contributed by atoms with Crippen LogP contribution in [0.2, 0.25) is 0 Å². The molecule has 0 spiro atoms. The molecular formula is C8H16N2O4. The van der Waals surface area contributed by atoms with Crippen LogP contribution in [0.5, 0.6) is 0 Å². The van der Waals surface area contributed by atoms with E-state index in [-0.39, 0.29) is 19.3 Å². The molecular weight excluding hydrogens is 188 g/mol. The van der Waals surface area contributed by atoms with E-state index in [1.807, 2.05) is 0 Å². The fourth-order valence-corrected chi connectivity index (χ4v) is 1.11. The Morgan fingerprint density at radius 2 is 2.00 bits per heavy atom. The van der Waals surface area contributed by atoms with Gasteiger partial charge in [-0.25, -0.2) is 0 Å². The highest BCUT2D eigenvalue weighted by atomic mass is 16.4. The molecule has 82 valence electrons. The topological polar surface area (TPSA) is 127 Å². The summed E-state index contributed by atoms with van der Waals surface area (Å²) in [6.45, 7) is 1.61. The summed E-state index contributed by atoms with van der Waals surface area (Å²) in [7, 11) is 0. The van der Waals surface area contributed by atoms with E-state index < -0.39 is 23.5 Å². The zero-order chi connectivity index (χ0) is 11.4. The number of aliphatic hydroxyl groups excluding tert-OH is 1. The normalized spacial score (nSPS) is 17.1. The molecule has 0 bridgehead atoms. The zero-order valence-electron chi connectivity index (χ0n) is 8.06. The first-order chi connectivity index (χ1) is 6.34. The monoisotopic (exact) mass is 204 g/mol. The predicted molar refractivity (Wildman–Crippen MR) is 49.3 cm³/mol. The highest BCUT2D eigenvalue weighted by Gasteiger charge is 2.40. The van der Waals surface area contributed by atoms with Gasteiger partial charge in [-0.3, -0.25) is 9.59 Å². The summed E-state index contributed by atoms with van der Waals surface area (Å²) < 4.78 is 0. The molecule has 6 N–H and O–H groups in total. The summed E-state index contributed by atoms with van der Waals surface area (Å²) in [5, 5.41) is 18.2. The Bertz CT molecular complexity index is 231. The molecule has 6 heteroatoms. The van der Waals surface area contributed by atoms with Gasteiger partial charge in [0, 0.05) is 6.42 Å². The molecule has 14 heavy (non-hydrogen) atoms. The van der Waals surface area contributed by atoms with Gasteiger partial charge in [-0.1, -0.05) is 6.92 Å². The van der Waals surface area contributed by atoms with E-state index in [1.54, 1.807) is 6.92 Å². The summed E-state index contributed by atoms with van der Waals surface area (Å²) in [4.78, 5) is 21.3. The number of amides is 1. The van der Waals surface area contributed by atoms with Gasteiger partial charge in [0.25, 0.3) is 0 Å². The zero-order valence-corrected chi connectivity index (χ0v) is 8.06. The van der Waals surface area contributed by atoms with Gasteiger partial charge in [-0.05, 0) is 12.8 Å². The predicted octanol–water partition coefficient (Wildman–Crippen LogP) is -1.20. The maximum atomic E-state index is 10.8. The Labute approximate surface area is 81.9 Å². The van der Waals surface area contributed by atoms with Crippen molar-refractivity contribution in [2.75, 3.05) is 0 Å². The lowest BCUT2D eigenvalue weighted by Gasteiger charge is -2.28. The van der Waals surface area contributed by atoms with Crippen molar-refractivity contribution in [2.45, 2.75) is 37.8 Å². The molecule has 0 aromatic carbocycles. The van der Waals surface area contributed by atoms with Crippen LogP contribution < -0.4 is 11.5 Å². The van der Waals surface area contributed by atoms with Crippen molar-refractivity contribution in [2.24, 2.45) is 11.5 Å². The van der Waals surface area contributed by atoms with E-state index in [0.717, 1.165) is 0 Å². The van der Waals surface area contributed by atoms with Crippen LogP contribution >= 0.6 is 0 Å². The maximum Gasteiger partial charge on any atom is 0.326 e. The minimum Gasteiger partial charge on any atom is -0.480 e. The standard InChI is InChI=1S/C8H16N2O4/c1-2-5(11)8(10,7(13)14)4-3-6(9)12/h5,11H,2-4,10H2,1H3,(H2,9,12)(H,13,14).